The Morgan fingerprint density at radius 2 is 2.50 bits per heavy atom. The van der Waals surface area contributed by atoms with Gasteiger partial charge in [-0.3, -0.25) is 0 Å². The van der Waals surface area contributed by atoms with Crippen molar-refractivity contribution in [3.05, 3.63) is 24.0 Å². The van der Waals surface area contributed by atoms with Crippen molar-refractivity contribution in [3.8, 4) is 0 Å². The number of hydrogen-bond acceptors (Lipinski definition) is 2. The summed E-state index contributed by atoms with van der Waals surface area (Å²) in [6.45, 7) is 1.71. The number of carbonyl (C=O) groups is 1. The van der Waals surface area contributed by atoms with Crippen LogP contribution in [0.5, 0.6) is 0 Å². The van der Waals surface area contributed by atoms with Crippen molar-refractivity contribution in [3.63, 3.8) is 0 Å². The van der Waals surface area contributed by atoms with E-state index < -0.39 is 6.09 Å². The molecule has 1 amide bonds. The number of carboxylic acid groups (broad SMARTS) is 1. The van der Waals surface area contributed by atoms with Crippen molar-refractivity contribution in [1.82, 2.24) is 10.4 Å². The SMILES string of the molecule is C/C(=N/NC(=O)O)c1ccc[nH]1. The van der Waals surface area contributed by atoms with Crippen LogP contribution < -0.4 is 5.43 Å². The van der Waals surface area contributed by atoms with Gasteiger partial charge in [0.25, 0.3) is 0 Å². The minimum absolute atomic E-state index is 0.599. The minimum Gasteiger partial charge on any atom is -0.464 e. The van der Waals surface area contributed by atoms with Gasteiger partial charge in [0, 0.05) is 6.20 Å². The summed E-state index contributed by atoms with van der Waals surface area (Å²) in [6, 6.07) is 3.62. The van der Waals surface area contributed by atoms with Gasteiger partial charge in [0.05, 0.1) is 11.4 Å². The summed E-state index contributed by atoms with van der Waals surface area (Å²) < 4.78 is 0. The summed E-state index contributed by atoms with van der Waals surface area (Å²) in [5.74, 6) is 0. The number of aromatic amines is 1. The molecule has 3 N–H and O–H groups in total. The zero-order valence-corrected chi connectivity index (χ0v) is 6.53. The number of amides is 1. The van der Waals surface area contributed by atoms with Gasteiger partial charge in [-0.1, -0.05) is 0 Å². The van der Waals surface area contributed by atoms with E-state index in [1.807, 2.05) is 17.6 Å². The highest BCUT2D eigenvalue weighted by molar-refractivity contribution is 5.97. The van der Waals surface area contributed by atoms with Crippen LogP contribution in [0.15, 0.2) is 23.4 Å². The summed E-state index contributed by atoms with van der Waals surface area (Å²) in [5.41, 5.74) is 3.31. The van der Waals surface area contributed by atoms with Crippen LogP contribution in [-0.2, 0) is 0 Å². The average molecular weight is 167 g/mol. The fraction of sp³-hybridized carbons (Fsp3) is 0.143. The molecular formula is C7H9N3O2. The van der Waals surface area contributed by atoms with Crippen molar-refractivity contribution in [1.29, 1.82) is 0 Å². The molecule has 0 radical (unpaired) electrons. The third-order valence-corrected chi connectivity index (χ3v) is 1.31. The van der Waals surface area contributed by atoms with Crippen LogP contribution in [0.25, 0.3) is 0 Å². The molecule has 0 atom stereocenters. The molecular weight excluding hydrogens is 158 g/mol. The maximum absolute atomic E-state index is 10.0. The van der Waals surface area contributed by atoms with Crippen LogP contribution in [0.4, 0.5) is 4.79 Å². The highest BCUT2D eigenvalue weighted by Gasteiger charge is 1.97. The van der Waals surface area contributed by atoms with Crippen molar-refractivity contribution in [2.24, 2.45) is 5.10 Å². The Bertz CT molecular complexity index is 290. The fourth-order valence-corrected chi connectivity index (χ4v) is 0.747. The molecule has 0 aliphatic heterocycles. The maximum Gasteiger partial charge on any atom is 0.425 e. The largest absolute Gasteiger partial charge is 0.464 e. The van der Waals surface area contributed by atoms with Crippen molar-refractivity contribution in [2.75, 3.05) is 0 Å². The van der Waals surface area contributed by atoms with Crippen LogP contribution >= 0.6 is 0 Å². The van der Waals surface area contributed by atoms with Crippen LogP contribution in [0.2, 0.25) is 0 Å². The first-order valence-corrected chi connectivity index (χ1v) is 3.37. The lowest BCUT2D eigenvalue weighted by Crippen LogP contribution is -2.16. The Morgan fingerprint density at radius 1 is 1.75 bits per heavy atom. The Morgan fingerprint density at radius 3 is 3.00 bits per heavy atom. The molecule has 12 heavy (non-hydrogen) atoms. The van der Waals surface area contributed by atoms with Gasteiger partial charge >= 0.3 is 6.09 Å². The normalized spacial score (nSPS) is 11.2. The van der Waals surface area contributed by atoms with E-state index in [1.54, 1.807) is 13.1 Å². The Kier molecular flexibility index (Phi) is 2.47. The molecule has 1 rings (SSSR count). The van der Waals surface area contributed by atoms with Crippen molar-refractivity contribution >= 4 is 11.8 Å². The summed E-state index contributed by atoms with van der Waals surface area (Å²) in [7, 11) is 0. The highest BCUT2D eigenvalue weighted by atomic mass is 16.4. The maximum atomic E-state index is 10.0. The number of rotatable bonds is 2. The number of hydrazone groups is 1. The number of nitrogens with one attached hydrogen (secondary N) is 2. The molecule has 1 aromatic rings. The molecule has 0 bridgehead atoms. The molecule has 0 fully saturated rings. The number of H-pyrrole nitrogens is 1. The number of hydrogen-bond donors (Lipinski definition) is 3. The van der Waals surface area contributed by atoms with Crippen LogP contribution in [0.1, 0.15) is 12.6 Å². The topological polar surface area (TPSA) is 77.5 Å². The lowest BCUT2D eigenvalue weighted by atomic mass is 10.3. The van der Waals surface area contributed by atoms with E-state index in [0.717, 1.165) is 5.69 Å². The predicted octanol–water partition coefficient (Wildman–Crippen LogP) is 1.01. The predicted molar refractivity (Wildman–Crippen MR) is 44.2 cm³/mol. The second kappa shape index (κ2) is 3.56. The molecule has 64 valence electrons. The zero-order chi connectivity index (χ0) is 8.97. The fourth-order valence-electron chi connectivity index (χ4n) is 0.747. The van der Waals surface area contributed by atoms with Crippen LogP contribution in [0.3, 0.4) is 0 Å². The average Bonchev–Trinajstić information content (AvgIpc) is 2.51. The van der Waals surface area contributed by atoms with Gasteiger partial charge in [-0.15, -0.1) is 0 Å². The van der Waals surface area contributed by atoms with Crippen LogP contribution in [0, 0.1) is 0 Å². The third kappa shape index (κ3) is 2.12. The van der Waals surface area contributed by atoms with Gasteiger partial charge in [0.15, 0.2) is 0 Å². The summed E-state index contributed by atoms with van der Waals surface area (Å²) in [6.07, 6.45) is 0.579. The first-order chi connectivity index (χ1) is 5.70. The van der Waals surface area contributed by atoms with Gasteiger partial charge in [0.1, 0.15) is 0 Å². The second-order valence-corrected chi connectivity index (χ2v) is 2.20. The molecule has 5 nitrogen and oxygen atoms in total. The summed E-state index contributed by atoms with van der Waals surface area (Å²) >= 11 is 0. The quantitative estimate of drug-likeness (QED) is 0.454. The standard InChI is InChI=1S/C7H9N3O2/c1-5(9-10-7(11)12)6-3-2-4-8-6/h2-4,8,10H,1H3,(H,11,12)/b9-5-. The van der Waals surface area contributed by atoms with Crippen molar-refractivity contribution in [2.45, 2.75) is 6.92 Å². The summed E-state index contributed by atoms with van der Waals surface area (Å²) in [4.78, 5) is 12.9. The van der Waals surface area contributed by atoms with E-state index >= 15 is 0 Å². The smallest absolute Gasteiger partial charge is 0.425 e. The van der Waals surface area contributed by atoms with Gasteiger partial charge in [0.2, 0.25) is 0 Å². The molecule has 1 heterocycles. The molecule has 0 aliphatic rings. The number of nitrogens with zero attached hydrogens (tertiary/aromatic N) is 1. The Hall–Kier alpha value is -1.78. The van der Waals surface area contributed by atoms with E-state index in [0.29, 0.717) is 5.71 Å². The first-order valence-electron chi connectivity index (χ1n) is 3.37. The monoisotopic (exact) mass is 167 g/mol. The molecule has 1 aromatic heterocycles. The first kappa shape index (κ1) is 8.32. The van der Waals surface area contributed by atoms with E-state index in [1.165, 1.54) is 0 Å². The lowest BCUT2D eigenvalue weighted by molar-refractivity contribution is 0.195. The Labute approximate surface area is 69.1 Å². The molecule has 0 saturated heterocycles. The zero-order valence-electron chi connectivity index (χ0n) is 6.53. The third-order valence-electron chi connectivity index (χ3n) is 1.31. The molecule has 0 unspecified atom stereocenters. The van der Waals surface area contributed by atoms with E-state index in [9.17, 15) is 4.79 Å². The van der Waals surface area contributed by atoms with E-state index in [2.05, 4.69) is 10.1 Å². The molecule has 0 aliphatic carbocycles. The highest BCUT2D eigenvalue weighted by Crippen LogP contribution is 1.95. The molecule has 0 saturated carbocycles. The second-order valence-electron chi connectivity index (χ2n) is 2.20. The molecule has 5 heteroatoms. The van der Waals surface area contributed by atoms with Gasteiger partial charge in [-0.25, -0.2) is 10.2 Å². The van der Waals surface area contributed by atoms with E-state index in [-0.39, 0.29) is 0 Å². The summed E-state index contributed by atoms with van der Waals surface area (Å²) in [5, 5.41) is 11.8. The minimum atomic E-state index is -1.17. The van der Waals surface area contributed by atoms with Gasteiger partial charge in [-0.2, -0.15) is 5.10 Å². The lowest BCUT2D eigenvalue weighted by Gasteiger charge is -1.95. The van der Waals surface area contributed by atoms with Gasteiger partial charge < -0.3 is 10.1 Å². The van der Waals surface area contributed by atoms with Gasteiger partial charge in [-0.05, 0) is 19.1 Å². The van der Waals surface area contributed by atoms with Crippen molar-refractivity contribution < 1.29 is 9.90 Å². The Balaban J connectivity index is 2.65. The van der Waals surface area contributed by atoms with E-state index in [4.69, 9.17) is 5.11 Å². The number of aromatic nitrogens is 1. The van der Waals surface area contributed by atoms with Crippen LogP contribution in [-0.4, -0.2) is 21.9 Å². The molecule has 0 spiro atoms. The molecule has 0 aromatic carbocycles.